The topological polar surface area (TPSA) is 49.2 Å². The minimum Gasteiger partial charge on any atom is -0.366 e. The summed E-state index contributed by atoms with van der Waals surface area (Å²) in [5.74, 6) is 0. The maximum absolute atomic E-state index is 9.15. The number of aromatic nitrogens is 1. The average Bonchev–Trinajstić information content (AvgIpc) is 2.54. The molecule has 1 aromatic rings. The van der Waals surface area contributed by atoms with Crippen LogP contribution in [0.3, 0.4) is 0 Å². The van der Waals surface area contributed by atoms with Crippen LogP contribution in [0, 0.1) is 11.3 Å². The van der Waals surface area contributed by atoms with Crippen molar-refractivity contribution in [3.05, 3.63) is 10.7 Å². The van der Waals surface area contributed by atoms with Gasteiger partial charge in [0.1, 0.15) is 16.6 Å². The van der Waals surface area contributed by atoms with E-state index < -0.39 is 0 Å². The van der Waals surface area contributed by atoms with Crippen LogP contribution in [0.2, 0.25) is 5.15 Å². The zero-order chi connectivity index (χ0) is 13.6. The highest BCUT2D eigenvalue weighted by Crippen LogP contribution is 2.37. The van der Waals surface area contributed by atoms with E-state index >= 15 is 0 Å². The largest absolute Gasteiger partial charge is 0.366 e. The van der Waals surface area contributed by atoms with E-state index in [1.165, 1.54) is 11.5 Å². The zero-order valence-corrected chi connectivity index (χ0v) is 12.5. The molecule has 0 N–H and O–H groups in total. The first-order valence-corrected chi connectivity index (χ1v) is 6.90. The van der Waals surface area contributed by atoms with E-state index in [1.807, 2.05) is 0 Å². The number of morpholine rings is 1. The van der Waals surface area contributed by atoms with Gasteiger partial charge < -0.3 is 9.64 Å². The molecule has 0 bridgehead atoms. The number of hydrogen-bond acceptors (Lipinski definition) is 5. The standard InChI is InChI=1S/C12H16ClN3OS/c1-11(2)6-16(7-12(3,4)17-11)10-8(5-14)9(13)15-18-10/h6-7H2,1-4H3. The molecule has 1 fully saturated rings. The molecule has 2 heterocycles. The minimum absolute atomic E-state index is 0.259. The molecular weight excluding hydrogens is 270 g/mol. The lowest BCUT2D eigenvalue weighted by Gasteiger charge is -2.47. The van der Waals surface area contributed by atoms with Crippen molar-refractivity contribution in [1.82, 2.24) is 4.37 Å². The predicted molar refractivity (Wildman–Crippen MR) is 73.3 cm³/mol. The molecular formula is C12H16ClN3OS. The summed E-state index contributed by atoms with van der Waals surface area (Å²) in [7, 11) is 0. The molecule has 1 aromatic heterocycles. The molecule has 0 amide bonds. The van der Waals surface area contributed by atoms with Gasteiger partial charge in [0.25, 0.3) is 0 Å². The summed E-state index contributed by atoms with van der Waals surface area (Å²) in [4.78, 5) is 2.14. The van der Waals surface area contributed by atoms with Gasteiger partial charge >= 0.3 is 0 Å². The van der Waals surface area contributed by atoms with Gasteiger partial charge in [-0.25, -0.2) is 0 Å². The van der Waals surface area contributed by atoms with E-state index in [-0.39, 0.29) is 11.2 Å². The lowest BCUT2D eigenvalue weighted by Crippen LogP contribution is -2.57. The first-order chi connectivity index (χ1) is 8.24. The van der Waals surface area contributed by atoms with Crippen LogP contribution in [0.25, 0.3) is 0 Å². The van der Waals surface area contributed by atoms with E-state index in [0.717, 1.165) is 18.1 Å². The number of ether oxygens (including phenoxy) is 1. The SMILES string of the molecule is CC1(C)CN(c2snc(Cl)c2C#N)CC(C)(C)O1. The summed E-state index contributed by atoms with van der Waals surface area (Å²) in [6.07, 6.45) is 0. The molecule has 1 saturated heterocycles. The molecule has 18 heavy (non-hydrogen) atoms. The first-order valence-electron chi connectivity index (χ1n) is 5.74. The van der Waals surface area contributed by atoms with Crippen LogP contribution < -0.4 is 4.90 Å². The summed E-state index contributed by atoms with van der Waals surface area (Å²) in [6.45, 7) is 9.66. The smallest absolute Gasteiger partial charge is 0.162 e. The number of nitrogens with zero attached hydrogens (tertiary/aromatic N) is 3. The summed E-state index contributed by atoms with van der Waals surface area (Å²) in [5, 5.41) is 10.3. The van der Waals surface area contributed by atoms with Crippen LogP contribution in [0.1, 0.15) is 33.3 Å². The van der Waals surface area contributed by atoms with E-state index in [1.54, 1.807) is 0 Å². The lowest BCUT2D eigenvalue weighted by molar-refractivity contribution is -0.132. The monoisotopic (exact) mass is 285 g/mol. The molecule has 1 aliphatic rings. The van der Waals surface area contributed by atoms with Gasteiger partial charge in [0.05, 0.1) is 11.2 Å². The van der Waals surface area contributed by atoms with Gasteiger partial charge in [-0.3, -0.25) is 0 Å². The molecule has 1 aliphatic heterocycles. The Morgan fingerprint density at radius 1 is 1.33 bits per heavy atom. The van der Waals surface area contributed by atoms with E-state index in [4.69, 9.17) is 21.6 Å². The average molecular weight is 286 g/mol. The highest BCUT2D eigenvalue weighted by molar-refractivity contribution is 7.10. The Morgan fingerprint density at radius 2 is 1.89 bits per heavy atom. The number of nitriles is 1. The highest BCUT2D eigenvalue weighted by atomic mass is 35.5. The van der Waals surface area contributed by atoms with Crippen LogP contribution in [-0.4, -0.2) is 28.7 Å². The Hall–Kier alpha value is -0.830. The number of anilines is 1. The Balaban J connectivity index is 2.36. The van der Waals surface area contributed by atoms with Crippen molar-refractivity contribution < 1.29 is 4.74 Å². The summed E-state index contributed by atoms with van der Waals surface area (Å²) in [5.41, 5.74) is -0.0502. The molecule has 6 heteroatoms. The van der Waals surface area contributed by atoms with E-state index in [2.05, 4.69) is 43.0 Å². The molecule has 0 aromatic carbocycles. The van der Waals surface area contributed by atoms with Gasteiger partial charge in [-0.05, 0) is 39.2 Å². The minimum atomic E-state index is -0.259. The van der Waals surface area contributed by atoms with E-state index in [9.17, 15) is 0 Å². The fourth-order valence-electron chi connectivity index (χ4n) is 2.50. The third-order valence-electron chi connectivity index (χ3n) is 2.73. The van der Waals surface area contributed by atoms with Gasteiger partial charge in [-0.1, -0.05) is 11.6 Å². The number of halogens is 1. The third kappa shape index (κ3) is 2.61. The van der Waals surface area contributed by atoms with Gasteiger partial charge in [0, 0.05) is 13.1 Å². The molecule has 0 unspecified atom stereocenters. The Labute approximate surface area is 116 Å². The molecule has 2 rings (SSSR count). The van der Waals surface area contributed by atoms with Crippen LogP contribution >= 0.6 is 23.1 Å². The second-order valence-electron chi connectivity index (χ2n) is 5.74. The van der Waals surface area contributed by atoms with Gasteiger partial charge in [-0.2, -0.15) is 9.64 Å². The van der Waals surface area contributed by atoms with E-state index in [0.29, 0.717) is 10.7 Å². The maximum atomic E-state index is 9.15. The van der Waals surface area contributed by atoms with Crippen LogP contribution in [0.15, 0.2) is 0 Å². The maximum Gasteiger partial charge on any atom is 0.162 e. The van der Waals surface area contributed by atoms with Crippen molar-refractivity contribution in [2.24, 2.45) is 0 Å². The quantitative estimate of drug-likeness (QED) is 0.796. The molecule has 98 valence electrons. The molecule has 0 saturated carbocycles. The lowest BCUT2D eigenvalue weighted by atomic mass is 9.99. The Kier molecular flexibility index (Phi) is 3.30. The van der Waals surface area contributed by atoms with Gasteiger partial charge in [0.2, 0.25) is 0 Å². The molecule has 0 atom stereocenters. The van der Waals surface area contributed by atoms with Gasteiger partial charge in [-0.15, -0.1) is 0 Å². The summed E-state index contributed by atoms with van der Waals surface area (Å²) < 4.78 is 10.1. The number of hydrogen-bond donors (Lipinski definition) is 0. The number of rotatable bonds is 1. The van der Waals surface area contributed by atoms with Crippen molar-refractivity contribution in [3.8, 4) is 6.07 Å². The molecule has 0 radical (unpaired) electrons. The van der Waals surface area contributed by atoms with Gasteiger partial charge in [0.15, 0.2) is 5.15 Å². The fraction of sp³-hybridized carbons (Fsp3) is 0.667. The van der Waals surface area contributed by atoms with Crippen molar-refractivity contribution in [2.45, 2.75) is 38.9 Å². The van der Waals surface area contributed by atoms with Crippen LogP contribution in [-0.2, 0) is 4.74 Å². The fourth-order valence-corrected chi connectivity index (χ4v) is 3.53. The van der Waals surface area contributed by atoms with Crippen LogP contribution in [0.5, 0.6) is 0 Å². The van der Waals surface area contributed by atoms with Crippen molar-refractivity contribution in [2.75, 3.05) is 18.0 Å². The molecule has 4 nitrogen and oxygen atoms in total. The summed E-state index contributed by atoms with van der Waals surface area (Å²) >= 11 is 7.20. The third-order valence-corrected chi connectivity index (χ3v) is 4.01. The Morgan fingerprint density at radius 3 is 2.39 bits per heavy atom. The zero-order valence-electron chi connectivity index (χ0n) is 11.0. The second-order valence-corrected chi connectivity index (χ2v) is 6.85. The highest BCUT2D eigenvalue weighted by Gasteiger charge is 2.39. The normalized spacial score (nSPS) is 21.7. The Bertz CT molecular complexity index is 488. The van der Waals surface area contributed by atoms with Crippen molar-refractivity contribution >= 4 is 28.1 Å². The second kappa shape index (κ2) is 4.37. The van der Waals surface area contributed by atoms with Crippen molar-refractivity contribution in [1.29, 1.82) is 5.26 Å². The first kappa shape index (κ1) is 13.6. The molecule has 0 aliphatic carbocycles. The predicted octanol–water partition coefficient (Wildman–Crippen LogP) is 3.06. The summed E-state index contributed by atoms with van der Waals surface area (Å²) in [6, 6.07) is 2.13. The molecule has 0 spiro atoms. The van der Waals surface area contributed by atoms with Crippen LogP contribution in [0.4, 0.5) is 5.00 Å². The van der Waals surface area contributed by atoms with Crippen molar-refractivity contribution in [3.63, 3.8) is 0 Å².